The molecule has 3 nitrogen and oxygen atoms in total. The van der Waals surface area contributed by atoms with Crippen molar-refractivity contribution in [3.8, 4) is 0 Å². The first-order valence-corrected chi connectivity index (χ1v) is 6.19. The number of fused-ring (bicyclic) bond motifs is 1. The molecule has 96 valence electrons. The molecule has 1 heterocycles. The molecule has 0 unspecified atom stereocenters. The van der Waals surface area contributed by atoms with E-state index in [1.54, 1.807) is 0 Å². The SMILES string of the molecule is Cc1ccc(C)c2[nH]c(=O)c(CC(C)(C)N)cc12. The summed E-state index contributed by atoms with van der Waals surface area (Å²) in [5.41, 5.74) is 9.53. The van der Waals surface area contributed by atoms with Gasteiger partial charge >= 0.3 is 0 Å². The Labute approximate surface area is 107 Å². The molecule has 0 aliphatic heterocycles. The third kappa shape index (κ3) is 2.46. The molecule has 3 heteroatoms. The van der Waals surface area contributed by atoms with Crippen molar-refractivity contribution in [2.45, 2.75) is 39.7 Å². The molecule has 0 amide bonds. The summed E-state index contributed by atoms with van der Waals surface area (Å²) in [6.07, 6.45) is 0.575. The lowest BCUT2D eigenvalue weighted by Gasteiger charge is -2.18. The predicted octanol–water partition coefficient (Wildman–Crippen LogP) is 2.42. The number of hydrogen-bond donors (Lipinski definition) is 2. The summed E-state index contributed by atoms with van der Waals surface area (Å²) >= 11 is 0. The van der Waals surface area contributed by atoms with E-state index >= 15 is 0 Å². The van der Waals surface area contributed by atoms with Crippen LogP contribution in [0.3, 0.4) is 0 Å². The van der Waals surface area contributed by atoms with Crippen LogP contribution in [-0.4, -0.2) is 10.5 Å². The molecule has 18 heavy (non-hydrogen) atoms. The summed E-state index contributed by atoms with van der Waals surface area (Å²) < 4.78 is 0. The second-order valence-corrected chi connectivity index (χ2v) is 5.78. The molecule has 0 saturated carbocycles. The van der Waals surface area contributed by atoms with Gasteiger partial charge in [-0.3, -0.25) is 4.79 Å². The van der Waals surface area contributed by atoms with E-state index in [1.165, 1.54) is 5.56 Å². The summed E-state index contributed by atoms with van der Waals surface area (Å²) in [6.45, 7) is 7.92. The van der Waals surface area contributed by atoms with Gasteiger partial charge in [0.05, 0.1) is 5.52 Å². The van der Waals surface area contributed by atoms with Gasteiger partial charge in [-0.05, 0) is 51.3 Å². The number of nitrogens with one attached hydrogen (secondary N) is 1. The summed E-state index contributed by atoms with van der Waals surface area (Å²) in [7, 11) is 0. The highest BCUT2D eigenvalue weighted by Crippen LogP contribution is 2.20. The van der Waals surface area contributed by atoms with Crippen LogP contribution in [-0.2, 0) is 6.42 Å². The fourth-order valence-corrected chi connectivity index (χ4v) is 2.24. The van der Waals surface area contributed by atoms with Gasteiger partial charge in [0.1, 0.15) is 0 Å². The van der Waals surface area contributed by atoms with E-state index < -0.39 is 0 Å². The molecule has 2 rings (SSSR count). The molecular weight excluding hydrogens is 224 g/mol. The fraction of sp³-hybridized carbons (Fsp3) is 0.400. The minimum atomic E-state index is -0.377. The number of nitrogens with two attached hydrogens (primary N) is 1. The van der Waals surface area contributed by atoms with Gasteiger partial charge in [-0.2, -0.15) is 0 Å². The molecule has 0 bridgehead atoms. The normalized spacial score (nSPS) is 12.1. The van der Waals surface area contributed by atoms with Gasteiger partial charge in [0.15, 0.2) is 0 Å². The molecular formula is C15H20N2O. The van der Waals surface area contributed by atoms with E-state index in [1.807, 2.05) is 32.9 Å². The summed E-state index contributed by atoms with van der Waals surface area (Å²) in [6, 6.07) is 6.08. The van der Waals surface area contributed by atoms with Crippen molar-refractivity contribution in [1.29, 1.82) is 0 Å². The van der Waals surface area contributed by atoms with Gasteiger partial charge in [-0.15, -0.1) is 0 Å². The highest BCUT2D eigenvalue weighted by Gasteiger charge is 2.15. The second kappa shape index (κ2) is 4.25. The highest BCUT2D eigenvalue weighted by atomic mass is 16.1. The first-order valence-electron chi connectivity index (χ1n) is 6.19. The quantitative estimate of drug-likeness (QED) is 0.852. The van der Waals surface area contributed by atoms with E-state index in [0.29, 0.717) is 6.42 Å². The topological polar surface area (TPSA) is 58.9 Å². The van der Waals surface area contributed by atoms with E-state index in [9.17, 15) is 4.79 Å². The number of aromatic nitrogens is 1. The van der Waals surface area contributed by atoms with Crippen molar-refractivity contribution >= 4 is 10.9 Å². The van der Waals surface area contributed by atoms with Gasteiger partial charge < -0.3 is 10.7 Å². The molecule has 0 aliphatic rings. The maximum Gasteiger partial charge on any atom is 0.251 e. The maximum atomic E-state index is 12.1. The number of rotatable bonds is 2. The average Bonchev–Trinajstić information content (AvgIpc) is 2.24. The Kier molecular flexibility index (Phi) is 3.03. The van der Waals surface area contributed by atoms with Gasteiger partial charge in [0, 0.05) is 16.5 Å². The zero-order chi connectivity index (χ0) is 13.5. The number of pyridine rings is 1. The van der Waals surface area contributed by atoms with Crippen LogP contribution < -0.4 is 11.3 Å². The Morgan fingerprint density at radius 1 is 1.22 bits per heavy atom. The lowest BCUT2D eigenvalue weighted by molar-refractivity contribution is 0.514. The van der Waals surface area contributed by atoms with E-state index in [2.05, 4.69) is 18.0 Å². The van der Waals surface area contributed by atoms with Crippen molar-refractivity contribution in [2.24, 2.45) is 5.73 Å². The molecule has 0 saturated heterocycles. The van der Waals surface area contributed by atoms with Crippen LogP contribution in [0, 0.1) is 13.8 Å². The lowest BCUT2D eigenvalue weighted by Crippen LogP contribution is -2.36. The number of H-pyrrole nitrogens is 1. The van der Waals surface area contributed by atoms with Crippen molar-refractivity contribution < 1.29 is 0 Å². The van der Waals surface area contributed by atoms with Crippen LogP contribution in [0.5, 0.6) is 0 Å². The van der Waals surface area contributed by atoms with Crippen LogP contribution in [0.4, 0.5) is 0 Å². The Hall–Kier alpha value is -1.61. The summed E-state index contributed by atoms with van der Waals surface area (Å²) in [5, 5.41) is 1.11. The first-order chi connectivity index (χ1) is 8.28. The highest BCUT2D eigenvalue weighted by molar-refractivity contribution is 5.85. The zero-order valence-electron chi connectivity index (χ0n) is 11.4. The maximum absolute atomic E-state index is 12.1. The van der Waals surface area contributed by atoms with Crippen molar-refractivity contribution in [3.63, 3.8) is 0 Å². The Morgan fingerprint density at radius 3 is 2.44 bits per heavy atom. The number of aromatic amines is 1. The second-order valence-electron chi connectivity index (χ2n) is 5.78. The Bertz CT molecular complexity index is 648. The van der Waals surface area contributed by atoms with Crippen LogP contribution in [0.15, 0.2) is 23.0 Å². The minimum absolute atomic E-state index is 0.0327. The molecule has 1 aromatic heterocycles. The standard InChI is InChI=1S/C15H20N2O/c1-9-5-6-10(2)13-12(9)7-11(14(18)17-13)8-15(3,4)16/h5-7H,8,16H2,1-4H3,(H,17,18). The predicted molar refractivity (Wildman–Crippen MR) is 76.0 cm³/mol. The van der Waals surface area contributed by atoms with Crippen molar-refractivity contribution in [2.75, 3.05) is 0 Å². The monoisotopic (exact) mass is 244 g/mol. The fourth-order valence-electron chi connectivity index (χ4n) is 2.24. The lowest BCUT2D eigenvalue weighted by atomic mass is 9.95. The van der Waals surface area contributed by atoms with E-state index in [-0.39, 0.29) is 11.1 Å². The number of hydrogen-bond acceptors (Lipinski definition) is 2. The molecule has 0 spiro atoms. The summed E-state index contributed by atoms with van der Waals surface area (Å²) in [4.78, 5) is 15.0. The summed E-state index contributed by atoms with van der Waals surface area (Å²) in [5.74, 6) is 0. The number of aryl methyl sites for hydroxylation is 2. The van der Waals surface area contributed by atoms with E-state index in [4.69, 9.17) is 5.73 Å². The van der Waals surface area contributed by atoms with Gasteiger partial charge in [0.25, 0.3) is 5.56 Å². The van der Waals surface area contributed by atoms with Crippen LogP contribution in [0.25, 0.3) is 10.9 Å². The van der Waals surface area contributed by atoms with Gasteiger partial charge in [0.2, 0.25) is 0 Å². The number of benzene rings is 1. The molecule has 0 radical (unpaired) electrons. The largest absolute Gasteiger partial charge is 0.325 e. The molecule has 0 atom stereocenters. The molecule has 2 aromatic rings. The van der Waals surface area contributed by atoms with Crippen LogP contribution in [0.1, 0.15) is 30.5 Å². The van der Waals surface area contributed by atoms with Crippen LogP contribution >= 0.6 is 0 Å². The molecule has 0 fully saturated rings. The van der Waals surface area contributed by atoms with Gasteiger partial charge in [-0.1, -0.05) is 12.1 Å². The average molecular weight is 244 g/mol. The van der Waals surface area contributed by atoms with Gasteiger partial charge in [-0.25, -0.2) is 0 Å². The third-order valence-corrected chi connectivity index (χ3v) is 3.17. The molecule has 3 N–H and O–H groups in total. The molecule has 0 aliphatic carbocycles. The first kappa shape index (κ1) is 12.8. The van der Waals surface area contributed by atoms with Crippen LogP contribution in [0.2, 0.25) is 0 Å². The van der Waals surface area contributed by atoms with Crippen molar-refractivity contribution in [1.82, 2.24) is 4.98 Å². The smallest absolute Gasteiger partial charge is 0.251 e. The van der Waals surface area contributed by atoms with E-state index in [0.717, 1.165) is 22.0 Å². The van der Waals surface area contributed by atoms with Crippen molar-refractivity contribution in [3.05, 3.63) is 45.2 Å². The molecule has 1 aromatic carbocycles. The Balaban J connectivity index is 2.69. The Morgan fingerprint density at radius 2 is 1.83 bits per heavy atom. The third-order valence-electron chi connectivity index (χ3n) is 3.17. The zero-order valence-corrected chi connectivity index (χ0v) is 11.4. The minimum Gasteiger partial charge on any atom is -0.325 e.